The van der Waals surface area contributed by atoms with Gasteiger partial charge in [0.1, 0.15) is 5.69 Å². The fourth-order valence-electron chi connectivity index (χ4n) is 3.03. The highest BCUT2D eigenvalue weighted by Crippen LogP contribution is 2.19. The highest BCUT2D eigenvalue weighted by Gasteiger charge is 2.27. The third-order valence-electron chi connectivity index (χ3n) is 4.64. The van der Waals surface area contributed by atoms with Crippen molar-refractivity contribution in [3.05, 3.63) is 70.1 Å². The van der Waals surface area contributed by atoms with E-state index in [2.05, 4.69) is 10.3 Å². The molecule has 1 aliphatic rings. The number of benzene rings is 1. The lowest BCUT2D eigenvalue weighted by Gasteiger charge is -2.33. The fourth-order valence-corrected chi connectivity index (χ4v) is 3.84. The molecule has 1 N–H and O–H groups in total. The molecule has 0 atom stereocenters. The molecule has 0 bridgehead atoms. The molecule has 3 heterocycles. The first kappa shape index (κ1) is 20.1. The Morgan fingerprint density at radius 3 is 2.30 bits per heavy atom. The number of nitrogens with one attached hydrogen (secondary N) is 1. The topological polar surface area (TPSA) is 95.8 Å². The summed E-state index contributed by atoms with van der Waals surface area (Å²) in [6.45, 7) is 1.62. The molecule has 3 amide bonds. The number of hydrogen-bond donors (Lipinski definition) is 1. The number of aromatic nitrogens is 1. The molecule has 8 nitrogen and oxygen atoms in total. The van der Waals surface area contributed by atoms with Gasteiger partial charge in [-0.3, -0.25) is 19.7 Å². The van der Waals surface area contributed by atoms with Gasteiger partial charge in [0.2, 0.25) is 0 Å². The molecular formula is C20H17ClN4O4S. The van der Waals surface area contributed by atoms with E-state index in [1.165, 1.54) is 17.6 Å². The molecule has 0 aliphatic carbocycles. The maximum absolute atomic E-state index is 12.7. The number of carbonyl (C=O) groups excluding carboxylic acids is 3. The maximum Gasteiger partial charge on any atom is 0.289 e. The van der Waals surface area contributed by atoms with Crippen LogP contribution in [0.4, 0.5) is 5.13 Å². The van der Waals surface area contributed by atoms with Crippen LogP contribution in [0, 0.1) is 0 Å². The summed E-state index contributed by atoms with van der Waals surface area (Å²) in [7, 11) is 0. The maximum atomic E-state index is 12.7. The largest absolute Gasteiger partial charge is 0.459 e. The van der Waals surface area contributed by atoms with Crippen molar-refractivity contribution in [1.29, 1.82) is 0 Å². The molecule has 30 heavy (non-hydrogen) atoms. The van der Waals surface area contributed by atoms with Gasteiger partial charge in [-0.25, -0.2) is 4.98 Å². The van der Waals surface area contributed by atoms with E-state index < -0.39 is 0 Å². The van der Waals surface area contributed by atoms with E-state index in [1.807, 2.05) is 0 Å². The van der Waals surface area contributed by atoms with Gasteiger partial charge in [0, 0.05) is 42.1 Å². The molecule has 1 saturated heterocycles. The van der Waals surface area contributed by atoms with Crippen molar-refractivity contribution in [1.82, 2.24) is 14.8 Å². The van der Waals surface area contributed by atoms with E-state index in [1.54, 1.807) is 51.6 Å². The van der Waals surface area contributed by atoms with Crippen molar-refractivity contribution in [3.63, 3.8) is 0 Å². The normalized spacial score (nSPS) is 13.9. The van der Waals surface area contributed by atoms with Crippen molar-refractivity contribution in [3.8, 4) is 0 Å². The molecule has 3 aromatic rings. The van der Waals surface area contributed by atoms with Crippen LogP contribution in [0.1, 0.15) is 31.4 Å². The number of amides is 3. The zero-order chi connectivity index (χ0) is 21.1. The highest BCUT2D eigenvalue weighted by atomic mass is 35.5. The number of piperazine rings is 1. The Balaban J connectivity index is 1.33. The second-order valence-electron chi connectivity index (χ2n) is 6.56. The minimum absolute atomic E-state index is 0.187. The number of halogens is 1. The fraction of sp³-hybridized carbons (Fsp3) is 0.200. The monoisotopic (exact) mass is 444 g/mol. The quantitative estimate of drug-likeness (QED) is 0.666. The Bertz CT molecular complexity index is 1060. The van der Waals surface area contributed by atoms with Crippen molar-refractivity contribution >= 4 is 45.8 Å². The first-order chi connectivity index (χ1) is 14.5. The number of nitrogens with zero attached hydrogens (tertiary/aromatic N) is 3. The smallest absolute Gasteiger partial charge is 0.289 e. The van der Waals surface area contributed by atoms with Gasteiger partial charge in [-0.05, 0) is 36.4 Å². The Kier molecular flexibility index (Phi) is 5.82. The van der Waals surface area contributed by atoms with E-state index in [0.29, 0.717) is 41.9 Å². The predicted molar refractivity (Wildman–Crippen MR) is 112 cm³/mol. The molecule has 4 rings (SSSR count). The summed E-state index contributed by atoms with van der Waals surface area (Å²) in [5, 5.41) is 5.18. The standard InChI is InChI=1S/C20H17ClN4O4S/c21-14-5-3-13(4-6-14)17(26)23-20-22-15(12-30-20)18(27)24-7-9-25(10-8-24)19(28)16-2-1-11-29-16/h1-6,11-12H,7-10H2,(H,22,23,26). The predicted octanol–water partition coefficient (Wildman–Crippen LogP) is 3.24. The molecule has 1 aliphatic heterocycles. The number of rotatable bonds is 4. The van der Waals surface area contributed by atoms with Crippen molar-refractivity contribution in [2.45, 2.75) is 0 Å². The van der Waals surface area contributed by atoms with E-state index in [0.717, 1.165) is 0 Å². The second kappa shape index (κ2) is 8.68. The van der Waals surface area contributed by atoms with Gasteiger partial charge in [-0.2, -0.15) is 0 Å². The van der Waals surface area contributed by atoms with Crippen LogP contribution >= 0.6 is 22.9 Å². The number of carbonyl (C=O) groups is 3. The van der Waals surface area contributed by atoms with Crippen molar-refractivity contribution in [2.24, 2.45) is 0 Å². The minimum Gasteiger partial charge on any atom is -0.459 e. The molecule has 0 unspecified atom stereocenters. The van der Waals surface area contributed by atoms with Crippen LogP contribution in [0.2, 0.25) is 5.02 Å². The SMILES string of the molecule is O=C(Nc1nc(C(=O)N2CCN(C(=O)c3ccco3)CC2)cs1)c1ccc(Cl)cc1. The van der Waals surface area contributed by atoms with Crippen LogP contribution in [0.3, 0.4) is 0 Å². The van der Waals surface area contributed by atoms with Gasteiger partial charge >= 0.3 is 0 Å². The summed E-state index contributed by atoms with van der Waals surface area (Å²) in [4.78, 5) is 44.9. The summed E-state index contributed by atoms with van der Waals surface area (Å²) in [6.07, 6.45) is 1.46. The Morgan fingerprint density at radius 2 is 1.67 bits per heavy atom. The molecule has 0 spiro atoms. The molecule has 2 aromatic heterocycles. The van der Waals surface area contributed by atoms with Gasteiger partial charge in [0.15, 0.2) is 10.9 Å². The molecule has 0 saturated carbocycles. The van der Waals surface area contributed by atoms with Crippen LogP contribution in [0.25, 0.3) is 0 Å². The average molecular weight is 445 g/mol. The van der Waals surface area contributed by atoms with E-state index in [9.17, 15) is 14.4 Å². The number of anilines is 1. The van der Waals surface area contributed by atoms with Gasteiger partial charge in [0.05, 0.1) is 6.26 Å². The van der Waals surface area contributed by atoms with E-state index >= 15 is 0 Å². The van der Waals surface area contributed by atoms with Crippen LogP contribution < -0.4 is 5.32 Å². The lowest BCUT2D eigenvalue weighted by Crippen LogP contribution is -2.50. The van der Waals surface area contributed by atoms with Gasteiger partial charge in [0.25, 0.3) is 17.7 Å². The van der Waals surface area contributed by atoms with Crippen LogP contribution in [0.5, 0.6) is 0 Å². The zero-order valence-corrected chi connectivity index (χ0v) is 17.3. The molecular weight excluding hydrogens is 428 g/mol. The molecule has 1 fully saturated rings. The molecule has 0 radical (unpaired) electrons. The first-order valence-corrected chi connectivity index (χ1v) is 10.4. The number of thiazole rings is 1. The molecule has 1 aromatic carbocycles. The van der Waals surface area contributed by atoms with Gasteiger partial charge < -0.3 is 14.2 Å². The lowest BCUT2D eigenvalue weighted by atomic mass is 10.2. The lowest BCUT2D eigenvalue weighted by molar-refractivity contribution is 0.0515. The summed E-state index contributed by atoms with van der Waals surface area (Å²) >= 11 is 7.01. The number of hydrogen-bond acceptors (Lipinski definition) is 6. The van der Waals surface area contributed by atoms with Crippen LogP contribution in [-0.4, -0.2) is 58.7 Å². The van der Waals surface area contributed by atoms with Crippen LogP contribution in [0.15, 0.2) is 52.5 Å². The van der Waals surface area contributed by atoms with Crippen molar-refractivity contribution in [2.75, 3.05) is 31.5 Å². The first-order valence-electron chi connectivity index (χ1n) is 9.16. The average Bonchev–Trinajstić information content (AvgIpc) is 3.46. The summed E-state index contributed by atoms with van der Waals surface area (Å²) in [5.41, 5.74) is 0.706. The second-order valence-corrected chi connectivity index (χ2v) is 7.86. The summed E-state index contributed by atoms with van der Waals surface area (Å²) in [5.74, 6) is -0.461. The number of furan rings is 1. The summed E-state index contributed by atoms with van der Waals surface area (Å²) < 4.78 is 5.14. The van der Waals surface area contributed by atoms with Crippen LogP contribution in [-0.2, 0) is 0 Å². The summed E-state index contributed by atoms with van der Waals surface area (Å²) in [6, 6.07) is 9.77. The van der Waals surface area contributed by atoms with Gasteiger partial charge in [-0.15, -0.1) is 11.3 Å². The Morgan fingerprint density at radius 1 is 1.00 bits per heavy atom. The van der Waals surface area contributed by atoms with Gasteiger partial charge in [-0.1, -0.05) is 11.6 Å². The van der Waals surface area contributed by atoms with Crippen molar-refractivity contribution < 1.29 is 18.8 Å². The van der Waals surface area contributed by atoms with E-state index in [4.69, 9.17) is 16.0 Å². The van der Waals surface area contributed by atoms with E-state index in [-0.39, 0.29) is 29.2 Å². The molecule has 10 heteroatoms. The molecule has 154 valence electrons. The Hall–Kier alpha value is -3.17. The third kappa shape index (κ3) is 4.37. The zero-order valence-electron chi connectivity index (χ0n) is 15.7. The third-order valence-corrected chi connectivity index (χ3v) is 5.65. The highest BCUT2D eigenvalue weighted by molar-refractivity contribution is 7.14. The Labute approximate surface area is 181 Å². The minimum atomic E-state index is -0.329.